The monoisotopic (exact) mass is 277 g/mol. The second-order valence-corrected chi connectivity index (χ2v) is 5.03. The maximum Gasteiger partial charge on any atom is 0.338 e. The molecule has 0 amide bonds. The molecule has 1 fully saturated rings. The lowest BCUT2D eigenvalue weighted by molar-refractivity contribution is 0.0526. The van der Waals surface area contributed by atoms with E-state index in [4.69, 9.17) is 9.47 Å². The van der Waals surface area contributed by atoms with Crippen molar-refractivity contribution in [3.8, 4) is 5.75 Å². The van der Waals surface area contributed by atoms with Gasteiger partial charge in [0.25, 0.3) is 0 Å². The third-order valence-corrected chi connectivity index (χ3v) is 3.51. The van der Waals surface area contributed by atoms with Crippen molar-refractivity contribution in [3.63, 3.8) is 0 Å². The van der Waals surface area contributed by atoms with Gasteiger partial charge in [-0.1, -0.05) is 6.42 Å². The Morgan fingerprint density at radius 3 is 2.75 bits per heavy atom. The van der Waals surface area contributed by atoms with Crippen LogP contribution in [0.3, 0.4) is 0 Å². The number of rotatable bonds is 6. The lowest BCUT2D eigenvalue weighted by Crippen LogP contribution is -2.35. The molecular formula is C16H23NO3. The summed E-state index contributed by atoms with van der Waals surface area (Å²) in [6, 6.07) is 7.71. The average molecular weight is 277 g/mol. The van der Waals surface area contributed by atoms with Gasteiger partial charge in [-0.15, -0.1) is 0 Å². The molecule has 0 spiro atoms. The molecule has 4 nitrogen and oxygen atoms in total. The minimum Gasteiger partial charge on any atom is -0.494 e. The van der Waals surface area contributed by atoms with Gasteiger partial charge in [0.1, 0.15) is 5.75 Å². The van der Waals surface area contributed by atoms with Gasteiger partial charge in [0.05, 0.1) is 18.8 Å². The van der Waals surface area contributed by atoms with E-state index in [1.807, 2.05) is 12.1 Å². The van der Waals surface area contributed by atoms with Crippen LogP contribution >= 0.6 is 0 Å². The van der Waals surface area contributed by atoms with Crippen molar-refractivity contribution in [1.82, 2.24) is 5.32 Å². The highest BCUT2D eigenvalue weighted by atomic mass is 16.5. The van der Waals surface area contributed by atoms with Gasteiger partial charge in [-0.3, -0.25) is 0 Å². The second-order valence-electron chi connectivity index (χ2n) is 5.03. The Kier molecular flexibility index (Phi) is 5.87. The summed E-state index contributed by atoms with van der Waals surface area (Å²) in [5.41, 5.74) is 0.563. The summed E-state index contributed by atoms with van der Waals surface area (Å²) in [7, 11) is 0. The summed E-state index contributed by atoms with van der Waals surface area (Å²) in [5, 5.41) is 3.50. The molecule has 110 valence electrons. The van der Waals surface area contributed by atoms with Crippen LogP contribution in [-0.2, 0) is 4.74 Å². The Morgan fingerprint density at radius 2 is 2.10 bits per heavy atom. The molecule has 1 heterocycles. The van der Waals surface area contributed by atoms with E-state index in [1.165, 1.54) is 19.3 Å². The second kappa shape index (κ2) is 7.90. The zero-order valence-electron chi connectivity index (χ0n) is 12.1. The fourth-order valence-electron chi connectivity index (χ4n) is 2.39. The highest BCUT2D eigenvalue weighted by molar-refractivity contribution is 5.89. The predicted molar refractivity (Wildman–Crippen MR) is 78.2 cm³/mol. The molecular weight excluding hydrogens is 254 g/mol. The molecule has 1 N–H and O–H groups in total. The Hall–Kier alpha value is -1.55. The number of carbonyl (C=O) groups is 1. The van der Waals surface area contributed by atoms with Crippen LogP contribution in [0.4, 0.5) is 0 Å². The Bertz CT molecular complexity index is 410. The number of hydrogen-bond donors (Lipinski definition) is 1. The topological polar surface area (TPSA) is 47.6 Å². The minimum atomic E-state index is -0.287. The fourth-order valence-corrected chi connectivity index (χ4v) is 2.39. The zero-order chi connectivity index (χ0) is 14.2. The Labute approximate surface area is 120 Å². The van der Waals surface area contributed by atoms with Gasteiger partial charge in [0.15, 0.2) is 0 Å². The van der Waals surface area contributed by atoms with Gasteiger partial charge < -0.3 is 14.8 Å². The van der Waals surface area contributed by atoms with Crippen molar-refractivity contribution in [2.24, 2.45) is 0 Å². The van der Waals surface area contributed by atoms with Gasteiger partial charge in [-0.2, -0.15) is 0 Å². The Balaban J connectivity index is 1.74. The number of esters is 1. The standard InChI is InChI=1S/C16H23NO3/c1-2-19-16(18)13-6-8-15(9-7-13)20-12-10-14-5-3-4-11-17-14/h6-9,14,17H,2-5,10-12H2,1H3/t14-/m1/s1. The van der Waals surface area contributed by atoms with Gasteiger partial charge in [0, 0.05) is 6.04 Å². The quantitative estimate of drug-likeness (QED) is 0.812. The summed E-state index contributed by atoms with van der Waals surface area (Å²) < 4.78 is 10.7. The molecule has 4 heteroatoms. The highest BCUT2D eigenvalue weighted by Crippen LogP contribution is 2.15. The number of piperidine rings is 1. The van der Waals surface area contributed by atoms with E-state index in [0.717, 1.165) is 18.7 Å². The molecule has 1 atom stereocenters. The molecule has 1 saturated heterocycles. The average Bonchev–Trinajstić information content (AvgIpc) is 2.49. The number of benzene rings is 1. The van der Waals surface area contributed by atoms with Gasteiger partial charge in [-0.05, 0) is 57.0 Å². The van der Waals surface area contributed by atoms with Crippen molar-refractivity contribution in [3.05, 3.63) is 29.8 Å². The molecule has 0 aromatic heterocycles. The van der Waals surface area contributed by atoms with Crippen LogP contribution in [0, 0.1) is 0 Å². The summed E-state index contributed by atoms with van der Waals surface area (Å²) in [4.78, 5) is 11.5. The minimum absolute atomic E-state index is 0.287. The number of nitrogens with one attached hydrogen (secondary N) is 1. The Morgan fingerprint density at radius 1 is 1.30 bits per heavy atom. The van der Waals surface area contributed by atoms with Crippen LogP contribution < -0.4 is 10.1 Å². The van der Waals surface area contributed by atoms with Gasteiger partial charge in [-0.25, -0.2) is 4.79 Å². The first-order valence-corrected chi connectivity index (χ1v) is 7.43. The van der Waals surface area contributed by atoms with Crippen molar-refractivity contribution in [1.29, 1.82) is 0 Å². The number of carbonyl (C=O) groups excluding carboxylic acids is 1. The van der Waals surface area contributed by atoms with Crippen LogP contribution in [0.2, 0.25) is 0 Å². The number of hydrogen-bond acceptors (Lipinski definition) is 4. The van der Waals surface area contributed by atoms with Crippen LogP contribution in [0.1, 0.15) is 43.0 Å². The first-order chi connectivity index (χ1) is 9.79. The largest absolute Gasteiger partial charge is 0.494 e. The summed E-state index contributed by atoms with van der Waals surface area (Å²) in [6.07, 6.45) is 4.86. The third-order valence-electron chi connectivity index (χ3n) is 3.51. The van der Waals surface area contributed by atoms with Crippen LogP contribution in [0.15, 0.2) is 24.3 Å². The smallest absolute Gasteiger partial charge is 0.338 e. The van der Waals surface area contributed by atoms with E-state index >= 15 is 0 Å². The lowest BCUT2D eigenvalue weighted by Gasteiger charge is -2.23. The van der Waals surface area contributed by atoms with Gasteiger partial charge >= 0.3 is 5.97 Å². The first-order valence-electron chi connectivity index (χ1n) is 7.43. The highest BCUT2D eigenvalue weighted by Gasteiger charge is 2.12. The van der Waals surface area contributed by atoms with E-state index in [0.29, 0.717) is 24.8 Å². The van der Waals surface area contributed by atoms with E-state index in [-0.39, 0.29) is 5.97 Å². The summed E-state index contributed by atoms with van der Waals surface area (Å²) in [6.45, 7) is 4.02. The molecule has 0 radical (unpaired) electrons. The van der Waals surface area contributed by atoms with Crippen molar-refractivity contribution < 1.29 is 14.3 Å². The molecule has 1 aliphatic heterocycles. The van der Waals surface area contributed by atoms with E-state index in [1.54, 1.807) is 19.1 Å². The van der Waals surface area contributed by atoms with Crippen molar-refractivity contribution >= 4 is 5.97 Å². The van der Waals surface area contributed by atoms with Crippen LogP contribution in [-0.4, -0.2) is 31.8 Å². The van der Waals surface area contributed by atoms with Gasteiger partial charge in [0.2, 0.25) is 0 Å². The third kappa shape index (κ3) is 4.53. The predicted octanol–water partition coefficient (Wildman–Crippen LogP) is 2.77. The molecule has 2 rings (SSSR count). The van der Waals surface area contributed by atoms with E-state index < -0.39 is 0 Å². The summed E-state index contributed by atoms with van der Waals surface area (Å²) in [5.74, 6) is 0.513. The maximum atomic E-state index is 11.5. The SMILES string of the molecule is CCOC(=O)c1ccc(OCC[C@H]2CCCCN2)cc1. The van der Waals surface area contributed by atoms with E-state index in [2.05, 4.69) is 5.32 Å². The molecule has 0 unspecified atom stereocenters. The number of ether oxygens (including phenoxy) is 2. The maximum absolute atomic E-state index is 11.5. The molecule has 20 heavy (non-hydrogen) atoms. The van der Waals surface area contributed by atoms with E-state index in [9.17, 15) is 4.79 Å². The lowest BCUT2D eigenvalue weighted by atomic mass is 10.0. The molecule has 0 saturated carbocycles. The van der Waals surface area contributed by atoms with Crippen LogP contribution in [0.25, 0.3) is 0 Å². The summed E-state index contributed by atoms with van der Waals surface area (Å²) >= 11 is 0. The molecule has 0 bridgehead atoms. The van der Waals surface area contributed by atoms with Crippen LogP contribution in [0.5, 0.6) is 5.75 Å². The zero-order valence-corrected chi connectivity index (χ0v) is 12.1. The fraction of sp³-hybridized carbons (Fsp3) is 0.562. The van der Waals surface area contributed by atoms with Crippen molar-refractivity contribution in [2.45, 2.75) is 38.6 Å². The first kappa shape index (κ1) is 14.9. The molecule has 1 aromatic rings. The molecule has 0 aliphatic carbocycles. The molecule has 1 aromatic carbocycles. The molecule has 1 aliphatic rings. The normalized spacial score (nSPS) is 18.6. The van der Waals surface area contributed by atoms with Crippen molar-refractivity contribution in [2.75, 3.05) is 19.8 Å².